The van der Waals surface area contributed by atoms with Gasteiger partial charge in [-0.25, -0.2) is 0 Å². The highest BCUT2D eigenvalue weighted by atomic mass is 16.5. The lowest BCUT2D eigenvalue weighted by atomic mass is 10.00. The Hall–Kier alpha value is -2.35. The van der Waals surface area contributed by atoms with Gasteiger partial charge in [0.25, 0.3) is 0 Å². The highest BCUT2D eigenvalue weighted by Crippen LogP contribution is 2.18. The first-order valence-corrected chi connectivity index (χ1v) is 7.85. The topological polar surface area (TPSA) is 56.5 Å². The molecule has 2 aromatic carbocycles. The van der Waals surface area contributed by atoms with E-state index < -0.39 is 6.10 Å². The lowest BCUT2D eigenvalue weighted by molar-refractivity contribution is 0.0638. The van der Waals surface area contributed by atoms with E-state index in [1.807, 2.05) is 0 Å². The van der Waals surface area contributed by atoms with Crippen molar-refractivity contribution >= 4 is 0 Å². The van der Waals surface area contributed by atoms with Gasteiger partial charge in [0.2, 0.25) is 0 Å². The zero-order chi connectivity index (χ0) is 16.1. The predicted octanol–water partition coefficient (Wildman–Crippen LogP) is 2.36. The Morgan fingerprint density at radius 1 is 1.13 bits per heavy atom. The standard InChI is InChI=1S/C19H20N2O2/c20-11-15-5-7-19(8-6-15)23-14-18(22)13-21-10-9-16-3-1-2-4-17(16)12-21/h1-8,18,22H,9-10,12-14H2. The summed E-state index contributed by atoms with van der Waals surface area (Å²) in [5.74, 6) is 0.673. The number of rotatable bonds is 5. The first kappa shape index (κ1) is 15.5. The molecule has 1 N–H and O–H groups in total. The van der Waals surface area contributed by atoms with Gasteiger partial charge in [0.05, 0.1) is 11.6 Å². The van der Waals surface area contributed by atoms with E-state index in [1.54, 1.807) is 24.3 Å². The zero-order valence-corrected chi connectivity index (χ0v) is 13.0. The van der Waals surface area contributed by atoms with E-state index in [2.05, 4.69) is 35.2 Å². The molecule has 1 aliphatic rings. The number of β-amino-alcohol motifs (C(OH)–C–C–N with tert-alkyl or cyclic N) is 1. The van der Waals surface area contributed by atoms with Crippen molar-refractivity contribution in [2.75, 3.05) is 19.7 Å². The molecular weight excluding hydrogens is 288 g/mol. The first-order valence-electron chi connectivity index (χ1n) is 7.85. The Morgan fingerprint density at radius 2 is 1.87 bits per heavy atom. The van der Waals surface area contributed by atoms with Gasteiger partial charge in [-0.2, -0.15) is 5.26 Å². The molecule has 3 rings (SSSR count). The van der Waals surface area contributed by atoms with Crippen LogP contribution < -0.4 is 4.74 Å². The van der Waals surface area contributed by atoms with E-state index in [0.29, 0.717) is 17.9 Å². The minimum atomic E-state index is -0.532. The molecule has 1 unspecified atom stereocenters. The maximum Gasteiger partial charge on any atom is 0.119 e. The van der Waals surface area contributed by atoms with E-state index in [0.717, 1.165) is 19.5 Å². The van der Waals surface area contributed by atoms with Crippen molar-refractivity contribution in [1.82, 2.24) is 4.90 Å². The van der Waals surface area contributed by atoms with Crippen molar-refractivity contribution in [3.63, 3.8) is 0 Å². The lowest BCUT2D eigenvalue weighted by Gasteiger charge is -2.30. The highest BCUT2D eigenvalue weighted by molar-refractivity contribution is 5.34. The van der Waals surface area contributed by atoms with Crippen LogP contribution >= 0.6 is 0 Å². The van der Waals surface area contributed by atoms with Crippen molar-refractivity contribution in [2.45, 2.75) is 19.1 Å². The molecule has 0 amide bonds. The number of aliphatic hydroxyl groups excluding tert-OH is 1. The summed E-state index contributed by atoms with van der Waals surface area (Å²) in [5, 5.41) is 19.0. The van der Waals surface area contributed by atoms with Crippen LogP contribution in [0.15, 0.2) is 48.5 Å². The average molecular weight is 308 g/mol. The molecule has 1 atom stereocenters. The summed E-state index contributed by atoms with van der Waals surface area (Å²) in [6, 6.07) is 17.5. The number of benzene rings is 2. The van der Waals surface area contributed by atoms with E-state index in [-0.39, 0.29) is 6.61 Å². The number of ether oxygens (including phenoxy) is 1. The lowest BCUT2D eigenvalue weighted by Crippen LogP contribution is -2.38. The second-order valence-corrected chi connectivity index (χ2v) is 5.85. The molecule has 0 bridgehead atoms. The average Bonchev–Trinajstić information content (AvgIpc) is 2.60. The summed E-state index contributed by atoms with van der Waals surface area (Å²) in [6.07, 6.45) is 0.496. The van der Waals surface area contributed by atoms with Gasteiger partial charge in [-0.3, -0.25) is 4.90 Å². The van der Waals surface area contributed by atoms with E-state index in [1.165, 1.54) is 11.1 Å². The summed E-state index contributed by atoms with van der Waals surface area (Å²) in [4.78, 5) is 2.26. The van der Waals surface area contributed by atoms with Gasteiger partial charge in [-0.15, -0.1) is 0 Å². The van der Waals surface area contributed by atoms with Gasteiger partial charge in [0.15, 0.2) is 0 Å². The monoisotopic (exact) mass is 308 g/mol. The Labute approximate surface area is 136 Å². The maximum atomic E-state index is 10.2. The smallest absolute Gasteiger partial charge is 0.119 e. The van der Waals surface area contributed by atoms with Crippen molar-refractivity contribution < 1.29 is 9.84 Å². The van der Waals surface area contributed by atoms with E-state index in [4.69, 9.17) is 10.00 Å². The Bertz CT molecular complexity index is 691. The van der Waals surface area contributed by atoms with Gasteiger partial charge in [0, 0.05) is 19.6 Å². The van der Waals surface area contributed by atoms with Gasteiger partial charge >= 0.3 is 0 Å². The Morgan fingerprint density at radius 3 is 2.61 bits per heavy atom. The normalized spacial score (nSPS) is 15.5. The second kappa shape index (κ2) is 7.28. The molecule has 0 saturated heterocycles. The number of hydrogen-bond acceptors (Lipinski definition) is 4. The molecule has 4 heteroatoms. The van der Waals surface area contributed by atoms with Crippen molar-refractivity contribution in [2.24, 2.45) is 0 Å². The number of hydrogen-bond donors (Lipinski definition) is 1. The van der Waals surface area contributed by atoms with Crippen molar-refractivity contribution in [1.29, 1.82) is 5.26 Å². The molecule has 4 nitrogen and oxygen atoms in total. The van der Waals surface area contributed by atoms with Gasteiger partial charge in [0.1, 0.15) is 18.5 Å². The number of fused-ring (bicyclic) bond motifs is 1. The fourth-order valence-electron chi connectivity index (χ4n) is 2.88. The van der Waals surface area contributed by atoms with Crippen LogP contribution in [0, 0.1) is 11.3 Å². The molecule has 0 aliphatic carbocycles. The molecule has 118 valence electrons. The third-order valence-electron chi connectivity index (χ3n) is 4.10. The minimum Gasteiger partial charge on any atom is -0.491 e. The molecule has 0 fully saturated rings. The van der Waals surface area contributed by atoms with Crippen LogP contribution in [0.4, 0.5) is 0 Å². The van der Waals surface area contributed by atoms with Crippen LogP contribution in [0.25, 0.3) is 0 Å². The van der Waals surface area contributed by atoms with Crippen LogP contribution in [0.3, 0.4) is 0 Å². The van der Waals surface area contributed by atoms with E-state index in [9.17, 15) is 5.11 Å². The largest absolute Gasteiger partial charge is 0.491 e. The molecular formula is C19H20N2O2. The number of nitriles is 1. The van der Waals surface area contributed by atoms with Crippen LogP contribution in [0.1, 0.15) is 16.7 Å². The molecule has 0 saturated carbocycles. The van der Waals surface area contributed by atoms with Crippen LogP contribution in [-0.2, 0) is 13.0 Å². The zero-order valence-electron chi connectivity index (χ0n) is 13.0. The third-order valence-corrected chi connectivity index (χ3v) is 4.10. The van der Waals surface area contributed by atoms with Crippen LogP contribution in [0.5, 0.6) is 5.75 Å². The molecule has 0 radical (unpaired) electrons. The Kier molecular flexibility index (Phi) is 4.92. The van der Waals surface area contributed by atoms with E-state index >= 15 is 0 Å². The second-order valence-electron chi connectivity index (χ2n) is 5.85. The number of aliphatic hydroxyl groups is 1. The van der Waals surface area contributed by atoms with Crippen LogP contribution in [-0.4, -0.2) is 35.8 Å². The summed E-state index contributed by atoms with van der Waals surface area (Å²) in [7, 11) is 0. The SMILES string of the molecule is N#Cc1ccc(OCC(O)CN2CCc3ccccc3C2)cc1. The quantitative estimate of drug-likeness (QED) is 0.921. The van der Waals surface area contributed by atoms with Gasteiger partial charge < -0.3 is 9.84 Å². The third kappa shape index (κ3) is 4.10. The summed E-state index contributed by atoms with van der Waals surface area (Å²) >= 11 is 0. The fraction of sp³-hybridized carbons (Fsp3) is 0.316. The Balaban J connectivity index is 1.48. The molecule has 0 aromatic heterocycles. The van der Waals surface area contributed by atoms with Crippen molar-refractivity contribution in [3.8, 4) is 11.8 Å². The molecule has 1 aliphatic heterocycles. The maximum absolute atomic E-state index is 10.2. The molecule has 1 heterocycles. The highest BCUT2D eigenvalue weighted by Gasteiger charge is 2.18. The minimum absolute atomic E-state index is 0.254. The summed E-state index contributed by atoms with van der Waals surface area (Å²) < 4.78 is 5.59. The number of nitrogens with zero attached hydrogens (tertiary/aromatic N) is 2. The van der Waals surface area contributed by atoms with Gasteiger partial charge in [-0.05, 0) is 41.8 Å². The first-order chi connectivity index (χ1) is 11.2. The summed E-state index contributed by atoms with van der Waals surface area (Å²) in [6.45, 7) is 2.70. The predicted molar refractivity (Wildman–Crippen MR) is 88.1 cm³/mol. The van der Waals surface area contributed by atoms with Crippen molar-refractivity contribution in [3.05, 3.63) is 65.2 Å². The van der Waals surface area contributed by atoms with Crippen LogP contribution in [0.2, 0.25) is 0 Å². The van der Waals surface area contributed by atoms with Gasteiger partial charge in [-0.1, -0.05) is 24.3 Å². The fourth-order valence-corrected chi connectivity index (χ4v) is 2.88. The molecule has 2 aromatic rings. The summed E-state index contributed by atoms with van der Waals surface area (Å²) in [5.41, 5.74) is 3.36. The molecule has 0 spiro atoms. The molecule has 23 heavy (non-hydrogen) atoms.